The second-order valence-electron chi connectivity index (χ2n) is 6.58. The van der Waals surface area contributed by atoms with E-state index in [-0.39, 0.29) is 31.2 Å². The van der Waals surface area contributed by atoms with Crippen LogP contribution < -0.4 is 11.1 Å². The van der Waals surface area contributed by atoms with Gasteiger partial charge in [-0.1, -0.05) is 6.42 Å². The fourth-order valence-corrected chi connectivity index (χ4v) is 3.48. The van der Waals surface area contributed by atoms with Crippen molar-refractivity contribution in [2.24, 2.45) is 23.0 Å². The number of nitrogens with one attached hydrogen (secondary N) is 1. The van der Waals surface area contributed by atoms with E-state index in [4.69, 9.17) is 10.5 Å². The molecule has 1 aliphatic carbocycles. The molecule has 0 spiro atoms. The van der Waals surface area contributed by atoms with Gasteiger partial charge in [0.15, 0.2) is 0 Å². The van der Waals surface area contributed by atoms with E-state index in [0.717, 1.165) is 6.42 Å². The highest BCUT2D eigenvalue weighted by atomic mass is 19.4. The van der Waals surface area contributed by atoms with Gasteiger partial charge in [0, 0.05) is 26.3 Å². The van der Waals surface area contributed by atoms with E-state index in [1.807, 2.05) is 0 Å². The number of halogens is 3. The molecular weight excluding hydrogens is 297 g/mol. The summed E-state index contributed by atoms with van der Waals surface area (Å²) >= 11 is 0. The summed E-state index contributed by atoms with van der Waals surface area (Å²) in [6.07, 6.45) is -1.34. The molecule has 7 heteroatoms. The molecule has 0 bridgehead atoms. The fourth-order valence-electron chi connectivity index (χ4n) is 3.48. The highest BCUT2D eigenvalue weighted by molar-refractivity contribution is 5.83. The van der Waals surface area contributed by atoms with E-state index >= 15 is 0 Å². The van der Waals surface area contributed by atoms with Gasteiger partial charge in [-0.15, -0.1) is 0 Å². The third kappa shape index (κ3) is 4.13. The van der Waals surface area contributed by atoms with E-state index in [1.54, 1.807) is 0 Å². The van der Waals surface area contributed by atoms with Crippen LogP contribution in [-0.2, 0) is 9.53 Å². The number of carbonyl (C=O) groups is 1. The Bertz CT molecular complexity index is 381. The summed E-state index contributed by atoms with van der Waals surface area (Å²) < 4.78 is 43.7. The Hall–Kier alpha value is -0.820. The second-order valence-corrected chi connectivity index (χ2v) is 6.58. The minimum absolute atomic E-state index is 0.0982. The Morgan fingerprint density at radius 3 is 2.55 bits per heavy atom. The van der Waals surface area contributed by atoms with Crippen molar-refractivity contribution >= 4 is 5.91 Å². The number of ether oxygens (including phenoxy) is 1. The van der Waals surface area contributed by atoms with E-state index in [1.165, 1.54) is 0 Å². The molecule has 1 heterocycles. The molecule has 1 amide bonds. The van der Waals surface area contributed by atoms with Crippen LogP contribution >= 0.6 is 0 Å². The van der Waals surface area contributed by atoms with Crippen molar-refractivity contribution in [3.63, 3.8) is 0 Å². The van der Waals surface area contributed by atoms with Crippen molar-refractivity contribution in [1.29, 1.82) is 0 Å². The van der Waals surface area contributed by atoms with Gasteiger partial charge in [-0.3, -0.25) is 4.79 Å². The maximum absolute atomic E-state index is 12.8. The predicted molar refractivity (Wildman–Crippen MR) is 76.1 cm³/mol. The highest BCUT2D eigenvalue weighted by Gasteiger charge is 2.43. The van der Waals surface area contributed by atoms with Gasteiger partial charge < -0.3 is 15.8 Å². The molecule has 4 nitrogen and oxygen atoms in total. The number of alkyl halides is 3. The largest absolute Gasteiger partial charge is 0.391 e. The zero-order chi connectivity index (χ0) is 16.2. The Labute approximate surface area is 128 Å². The van der Waals surface area contributed by atoms with Crippen LogP contribution in [0.25, 0.3) is 0 Å². The first-order valence-corrected chi connectivity index (χ1v) is 8.00. The van der Waals surface area contributed by atoms with Crippen LogP contribution in [0.4, 0.5) is 13.2 Å². The molecule has 2 aliphatic rings. The number of hydrogen-bond acceptors (Lipinski definition) is 3. The van der Waals surface area contributed by atoms with E-state index < -0.39 is 17.5 Å². The Morgan fingerprint density at radius 2 is 1.95 bits per heavy atom. The number of nitrogens with two attached hydrogens (primary N) is 1. The van der Waals surface area contributed by atoms with Crippen molar-refractivity contribution in [3.05, 3.63) is 0 Å². The average molecular weight is 322 g/mol. The molecule has 22 heavy (non-hydrogen) atoms. The topological polar surface area (TPSA) is 64.4 Å². The van der Waals surface area contributed by atoms with Gasteiger partial charge in [-0.25, -0.2) is 0 Å². The first kappa shape index (κ1) is 17.5. The standard InChI is InChI=1S/C15H25F3N2O2/c16-15(17,18)12-3-1-2-11(8-12)9-20-13(21)14(10-19)4-6-22-7-5-14/h11-12H,1-10,19H2,(H,20,21). The summed E-state index contributed by atoms with van der Waals surface area (Å²) in [5.74, 6) is -1.46. The summed E-state index contributed by atoms with van der Waals surface area (Å²) in [5, 5.41) is 2.84. The molecule has 2 atom stereocenters. The quantitative estimate of drug-likeness (QED) is 0.834. The second kappa shape index (κ2) is 7.17. The van der Waals surface area contributed by atoms with Crippen molar-refractivity contribution < 1.29 is 22.7 Å². The molecule has 0 aromatic rings. The number of carbonyl (C=O) groups excluding carboxylic acids is 1. The van der Waals surface area contributed by atoms with Crippen molar-refractivity contribution in [1.82, 2.24) is 5.32 Å². The molecule has 2 unspecified atom stereocenters. The third-order valence-corrected chi connectivity index (χ3v) is 5.12. The Morgan fingerprint density at radius 1 is 1.27 bits per heavy atom. The maximum Gasteiger partial charge on any atom is 0.391 e. The number of amides is 1. The van der Waals surface area contributed by atoms with Crippen LogP contribution in [-0.4, -0.2) is 38.4 Å². The van der Waals surface area contributed by atoms with Gasteiger partial charge in [-0.2, -0.15) is 13.2 Å². The van der Waals surface area contributed by atoms with Crippen LogP contribution in [0.5, 0.6) is 0 Å². The van der Waals surface area contributed by atoms with Crippen LogP contribution in [0.2, 0.25) is 0 Å². The average Bonchev–Trinajstić information content (AvgIpc) is 2.52. The molecule has 1 saturated heterocycles. The summed E-state index contributed by atoms with van der Waals surface area (Å²) in [6, 6.07) is 0. The summed E-state index contributed by atoms with van der Waals surface area (Å²) in [7, 11) is 0. The molecule has 1 aliphatic heterocycles. The molecule has 1 saturated carbocycles. The lowest BCUT2D eigenvalue weighted by Gasteiger charge is -2.36. The monoisotopic (exact) mass is 322 g/mol. The van der Waals surface area contributed by atoms with Crippen molar-refractivity contribution in [2.75, 3.05) is 26.3 Å². The summed E-state index contributed by atoms with van der Waals surface area (Å²) in [6.45, 7) is 1.57. The SMILES string of the molecule is NCC1(C(=O)NCC2CCCC(C(F)(F)F)C2)CCOCC1. The van der Waals surface area contributed by atoms with Gasteiger partial charge >= 0.3 is 6.18 Å². The summed E-state index contributed by atoms with van der Waals surface area (Å²) in [4.78, 5) is 12.4. The van der Waals surface area contributed by atoms with E-state index in [9.17, 15) is 18.0 Å². The lowest BCUT2D eigenvalue weighted by molar-refractivity contribution is -0.185. The minimum Gasteiger partial charge on any atom is -0.381 e. The van der Waals surface area contributed by atoms with Gasteiger partial charge in [0.2, 0.25) is 5.91 Å². The predicted octanol–water partition coefficient (Wildman–Crippen LogP) is 2.23. The molecule has 0 aromatic heterocycles. The first-order valence-electron chi connectivity index (χ1n) is 8.00. The molecule has 3 N–H and O–H groups in total. The van der Waals surface area contributed by atoms with Crippen LogP contribution in [0.3, 0.4) is 0 Å². The Balaban J connectivity index is 1.85. The smallest absolute Gasteiger partial charge is 0.381 e. The fraction of sp³-hybridized carbons (Fsp3) is 0.933. The molecule has 128 valence electrons. The summed E-state index contributed by atoms with van der Waals surface area (Å²) in [5.41, 5.74) is 5.15. The third-order valence-electron chi connectivity index (χ3n) is 5.12. The van der Waals surface area contributed by atoms with E-state index in [0.29, 0.717) is 39.0 Å². The van der Waals surface area contributed by atoms with Crippen molar-refractivity contribution in [2.45, 2.75) is 44.7 Å². The van der Waals surface area contributed by atoms with Gasteiger partial charge in [0.25, 0.3) is 0 Å². The number of hydrogen-bond donors (Lipinski definition) is 2. The number of rotatable bonds is 4. The lowest BCUT2D eigenvalue weighted by atomic mass is 9.78. The lowest BCUT2D eigenvalue weighted by Crippen LogP contribution is -2.50. The zero-order valence-corrected chi connectivity index (χ0v) is 12.8. The van der Waals surface area contributed by atoms with Crippen molar-refractivity contribution in [3.8, 4) is 0 Å². The molecule has 2 fully saturated rings. The maximum atomic E-state index is 12.8. The van der Waals surface area contributed by atoms with Crippen LogP contribution in [0, 0.1) is 17.3 Å². The van der Waals surface area contributed by atoms with Gasteiger partial charge in [0.05, 0.1) is 11.3 Å². The molecular formula is C15H25F3N2O2. The highest BCUT2D eigenvalue weighted by Crippen LogP contribution is 2.39. The van der Waals surface area contributed by atoms with Crippen LogP contribution in [0.1, 0.15) is 38.5 Å². The van der Waals surface area contributed by atoms with E-state index in [2.05, 4.69) is 5.32 Å². The van der Waals surface area contributed by atoms with Gasteiger partial charge in [0.1, 0.15) is 0 Å². The zero-order valence-electron chi connectivity index (χ0n) is 12.8. The van der Waals surface area contributed by atoms with Crippen LogP contribution in [0.15, 0.2) is 0 Å². The van der Waals surface area contributed by atoms with Gasteiger partial charge in [-0.05, 0) is 38.0 Å². The minimum atomic E-state index is -4.12. The molecule has 0 aromatic carbocycles. The molecule has 0 radical (unpaired) electrons. The molecule has 2 rings (SSSR count). The Kier molecular flexibility index (Phi) is 5.71. The normalized spacial score (nSPS) is 29.1. The first-order chi connectivity index (χ1) is 10.4.